The van der Waals surface area contributed by atoms with Crippen molar-refractivity contribution in [2.75, 3.05) is 0 Å². The van der Waals surface area contributed by atoms with E-state index in [1.165, 1.54) is 43.8 Å². The Morgan fingerprint density at radius 2 is 0.739 bits per heavy atom. The van der Waals surface area contributed by atoms with Crippen LogP contribution in [0, 0.1) is 0 Å². The van der Waals surface area contributed by atoms with E-state index in [1.54, 1.807) is 0 Å². The molecule has 0 fully saturated rings. The number of furan rings is 2. The summed E-state index contributed by atoms with van der Waals surface area (Å²) in [6.45, 7) is 0. The molecule has 0 N–H and O–H groups in total. The minimum atomic E-state index is 0.834. The zero-order valence-corrected chi connectivity index (χ0v) is 24.8. The van der Waals surface area contributed by atoms with Gasteiger partial charge in [0.05, 0.1) is 5.39 Å². The van der Waals surface area contributed by atoms with Crippen LogP contribution in [0.2, 0.25) is 0 Å². The normalized spacial score (nSPS) is 11.9. The van der Waals surface area contributed by atoms with Gasteiger partial charge in [0.2, 0.25) is 0 Å². The molecule has 0 unspecified atom stereocenters. The Bertz CT molecular complexity index is 2720. The van der Waals surface area contributed by atoms with Crippen LogP contribution in [0.25, 0.3) is 98.8 Å². The summed E-state index contributed by atoms with van der Waals surface area (Å²) in [6, 6.07) is 56.1. The maximum absolute atomic E-state index is 6.57. The third kappa shape index (κ3) is 3.59. The molecular formula is C44H26O2. The molecule has 0 bridgehead atoms. The maximum Gasteiger partial charge on any atom is 0.147 e. The number of hydrogen-bond acceptors (Lipinski definition) is 2. The predicted octanol–water partition coefficient (Wildman–Crippen LogP) is 12.8. The molecule has 0 radical (unpaired) electrons. The van der Waals surface area contributed by atoms with Gasteiger partial charge in [0.1, 0.15) is 22.3 Å². The Morgan fingerprint density at radius 3 is 1.33 bits per heavy atom. The minimum Gasteiger partial charge on any atom is -0.456 e. The Labute approximate surface area is 264 Å². The van der Waals surface area contributed by atoms with Crippen LogP contribution >= 0.6 is 0 Å². The SMILES string of the molecule is c1ccc(-c2c3ccccc3c(-c3ccc(-c4cc5oc6ccccc6c5c5oc6ccccc6c45)cc3)c3ccccc23)cc1. The van der Waals surface area contributed by atoms with E-state index in [4.69, 9.17) is 8.83 Å². The topological polar surface area (TPSA) is 26.3 Å². The summed E-state index contributed by atoms with van der Waals surface area (Å²) >= 11 is 0. The minimum absolute atomic E-state index is 0.834. The number of para-hydroxylation sites is 2. The van der Waals surface area contributed by atoms with Gasteiger partial charge in [0, 0.05) is 16.2 Å². The highest BCUT2D eigenvalue weighted by Gasteiger charge is 2.21. The van der Waals surface area contributed by atoms with Gasteiger partial charge in [-0.3, -0.25) is 0 Å². The summed E-state index contributed by atoms with van der Waals surface area (Å²) in [5.41, 5.74) is 10.6. The van der Waals surface area contributed by atoms with Gasteiger partial charge in [-0.1, -0.05) is 140 Å². The van der Waals surface area contributed by atoms with Gasteiger partial charge in [0.25, 0.3) is 0 Å². The Morgan fingerprint density at radius 1 is 0.304 bits per heavy atom. The maximum atomic E-state index is 6.57. The van der Waals surface area contributed by atoms with Gasteiger partial charge in [0.15, 0.2) is 0 Å². The van der Waals surface area contributed by atoms with Crippen LogP contribution in [-0.4, -0.2) is 0 Å². The molecule has 0 saturated heterocycles. The van der Waals surface area contributed by atoms with Gasteiger partial charge < -0.3 is 8.83 Å². The molecule has 10 rings (SSSR count). The molecular weight excluding hydrogens is 560 g/mol. The van der Waals surface area contributed by atoms with Crippen molar-refractivity contribution in [1.29, 1.82) is 0 Å². The smallest absolute Gasteiger partial charge is 0.147 e. The van der Waals surface area contributed by atoms with Gasteiger partial charge in [-0.25, -0.2) is 0 Å². The fraction of sp³-hybridized carbons (Fsp3) is 0. The molecule has 2 nitrogen and oxygen atoms in total. The summed E-state index contributed by atoms with van der Waals surface area (Å²) < 4.78 is 13.0. The van der Waals surface area contributed by atoms with Crippen molar-refractivity contribution in [3.63, 3.8) is 0 Å². The van der Waals surface area contributed by atoms with E-state index in [0.717, 1.165) is 55.0 Å². The summed E-state index contributed by atoms with van der Waals surface area (Å²) in [5.74, 6) is 0. The van der Waals surface area contributed by atoms with Crippen molar-refractivity contribution in [3.8, 4) is 33.4 Å². The number of benzene rings is 8. The van der Waals surface area contributed by atoms with Crippen molar-refractivity contribution in [2.45, 2.75) is 0 Å². The molecule has 2 heteroatoms. The first-order valence-electron chi connectivity index (χ1n) is 15.7. The number of hydrogen-bond donors (Lipinski definition) is 0. The Balaban J connectivity index is 1.22. The molecule has 2 aromatic heterocycles. The predicted molar refractivity (Wildman–Crippen MR) is 192 cm³/mol. The first kappa shape index (κ1) is 25.2. The van der Waals surface area contributed by atoms with E-state index in [0.29, 0.717) is 0 Å². The molecule has 8 aromatic carbocycles. The molecule has 0 aliphatic rings. The average molecular weight is 587 g/mol. The monoisotopic (exact) mass is 586 g/mol. The number of rotatable bonds is 3. The third-order valence-corrected chi connectivity index (χ3v) is 9.47. The van der Waals surface area contributed by atoms with Crippen molar-refractivity contribution >= 4 is 65.4 Å². The molecule has 46 heavy (non-hydrogen) atoms. The van der Waals surface area contributed by atoms with E-state index in [9.17, 15) is 0 Å². The summed E-state index contributed by atoms with van der Waals surface area (Å²) in [4.78, 5) is 0. The first-order chi connectivity index (χ1) is 22.8. The van der Waals surface area contributed by atoms with Crippen molar-refractivity contribution < 1.29 is 8.83 Å². The molecule has 0 spiro atoms. The zero-order chi connectivity index (χ0) is 30.2. The molecule has 0 saturated carbocycles. The third-order valence-electron chi connectivity index (χ3n) is 9.47. The average Bonchev–Trinajstić information content (AvgIpc) is 3.69. The van der Waals surface area contributed by atoms with Crippen LogP contribution in [0.15, 0.2) is 167 Å². The van der Waals surface area contributed by atoms with Gasteiger partial charge in [-0.15, -0.1) is 0 Å². The molecule has 0 aliphatic heterocycles. The quantitative estimate of drug-likeness (QED) is 0.193. The fourth-order valence-electron chi connectivity index (χ4n) is 7.49. The lowest BCUT2D eigenvalue weighted by Gasteiger charge is -2.18. The van der Waals surface area contributed by atoms with Crippen LogP contribution in [-0.2, 0) is 0 Å². The largest absolute Gasteiger partial charge is 0.456 e. The van der Waals surface area contributed by atoms with Crippen LogP contribution in [0.4, 0.5) is 0 Å². The van der Waals surface area contributed by atoms with Gasteiger partial charge in [-0.2, -0.15) is 0 Å². The van der Waals surface area contributed by atoms with Gasteiger partial charge in [-0.05, 0) is 73.1 Å². The van der Waals surface area contributed by atoms with Crippen molar-refractivity contribution in [2.24, 2.45) is 0 Å². The zero-order valence-electron chi connectivity index (χ0n) is 24.8. The molecule has 10 aromatic rings. The van der Waals surface area contributed by atoms with Crippen LogP contribution in [0.5, 0.6) is 0 Å². The van der Waals surface area contributed by atoms with Crippen LogP contribution in [0.1, 0.15) is 0 Å². The summed E-state index contributed by atoms with van der Waals surface area (Å²) in [5, 5.41) is 9.34. The van der Waals surface area contributed by atoms with Crippen molar-refractivity contribution in [3.05, 3.63) is 158 Å². The van der Waals surface area contributed by atoms with E-state index in [2.05, 4.69) is 133 Å². The van der Waals surface area contributed by atoms with Crippen molar-refractivity contribution in [1.82, 2.24) is 0 Å². The highest BCUT2D eigenvalue weighted by atomic mass is 16.3. The summed E-state index contributed by atoms with van der Waals surface area (Å²) in [7, 11) is 0. The second-order valence-electron chi connectivity index (χ2n) is 12.0. The first-order valence-corrected chi connectivity index (χ1v) is 15.7. The lowest BCUT2D eigenvalue weighted by molar-refractivity contribution is 0.663. The Hall–Kier alpha value is -6.12. The summed E-state index contributed by atoms with van der Waals surface area (Å²) in [6.07, 6.45) is 0. The van der Waals surface area contributed by atoms with E-state index in [-0.39, 0.29) is 0 Å². The highest BCUT2D eigenvalue weighted by molar-refractivity contribution is 6.26. The molecule has 2 heterocycles. The van der Waals surface area contributed by atoms with E-state index in [1.807, 2.05) is 24.3 Å². The van der Waals surface area contributed by atoms with E-state index < -0.39 is 0 Å². The van der Waals surface area contributed by atoms with Crippen LogP contribution < -0.4 is 0 Å². The van der Waals surface area contributed by atoms with E-state index >= 15 is 0 Å². The molecule has 0 atom stereocenters. The molecule has 0 amide bonds. The number of fused-ring (bicyclic) bond motifs is 9. The van der Waals surface area contributed by atoms with Crippen LogP contribution in [0.3, 0.4) is 0 Å². The molecule has 214 valence electrons. The lowest BCUT2D eigenvalue weighted by Crippen LogP contribution is -1.90. The Kier molecular flexibility index (Phi) is 5.31. The second kappa shape index (κ2) is 9.69. The van der Waals surface area contributed by atoms with Gasteiger partial charge >= 0.3 is 0 Å². The second-order valence-corrected chi connectivity index (χ2v) is 12.0. The molecule has 0 aliphatic carbocycles. The highest BCUT2D eigenvalue weighted by Crippen LogP contribution is 2.46. The lowest BCUT2D eigenvalue weighted by atomic mass is 9.85. The fourth-order valence-corrected chi connectivity index (χ4v) is 7.49. The standard InChI is InChI=1S/C44H26O2/c1-2-12-28(13-3-1)40-30-14-4-6-16-32(30)41(33-17-7-5-15-31(33)40)29-24-22-27(23-25-29)36-26-39-43(35-19-9-10-20-37(35)45-39)44-42(36)34-18-8-11-21-38(34)46-44/h1-26H.